The number of amides is 1. The van der Waals surface area contributed by atoms with Crippen LogP contribution in [0.4, 0.5) is 0 Å². The number of pyridine rings is 1. The van der Waals surface area contributed by atoms with Crippen molar-refractivity contribution in [3.8, 4) is 0 Å². The Morgan fingerprint density at radius 3 is 2.53 bits per heavy atom. The molecule has 0 spiro atoms. The largest absolute Gasteiger partial charge is 0.366 e. The summed E-state index contributed by atoms with van der Waals surface area (Å²) in [5.41, 5.74) is 7.82. The molecule has 0 radical (unpaired) electrons. The van der Waals surface area contributed by atoms with Gasteiger partial charge in [0.2, 0.25) is 0 Å². The van der Waals surface area contributed by atoms with Crippen molar-refractivity contribution in [3.63, 3.8) is 0 Å². The summed E-state index contributed by atoms with van der Waals surface area (Å²) >= 11 is 0. The average molecular weight is 226 g/mol. The second-order valence-electron chi connectivity index (χ2n) is 3.85. The predicted octanol–water partition coefficient (Wildman–Crippen LogP) is 1.97. The second kappa shape index (κ2) is 5.25. The molecular formula is C14H14N2O. The molecule has 0 aliphatic carbocycles. The molecule has 1 heterocycles. The van der Waals surface area contributed by atoms with Gasteiger partial charge in [0.15, 0.2) is 0 Å². The van der Waals surface area contributed by atoms with Crippen molar-refractivity contribution in [2.24, 2.45) is 5.73 Å². The molecule has 0 bridgehead atoms. The Morgan fingerprint density at radius 1 is 1.06 bits per heavy atom. The lowest BCUT2D eigenvalue weighted by Crippen LogP contribution is -2.15. The van der Waals surface area contributed by atoms with Gasteiger partial charge in [-0.05, 0) is 30.5 Å². The number of carbonyl (C=O) groups is 1. The van der Waals surface area contributed by atoms with Crippen LogP contribution in [0.5, 0.6) is 0 Å². The van der Waals surface area contributed by atoms with Gasteiger partial charge in [-0.3, -0.25) is 9.78 Å². The molecule has 0 aliphatic heterocycles. The Bertz CT molecular complexity index is 509. The Hall–Kier alpha value is -2.16. The zero-order chi connectivity index (χ0) is 12.1. The molecule has 2 N–H and O–H groups in total. The molecule has 3 heteroatoms. The zero-order valence-corrected chi connectivity index (χ0v) is 9.47. The average Bonchev–Trinajstić information content (AvgIpc) is 2.38. The predicted molar refractivity (Wildman–Crippen MR) is 66.6 cm³/mol. The minimum absolute atomic E-state index is 0.416. The summed E-state index contributed by atoms with van der Waals surface area (Å²) in [5, 5.41) is 0. The highest BCUT2D eigenvalue weighted by atomic mass is 16.1. The molecule has 3 nitrogen and oxygen atoms in total. The maximum absolute atomic E-state index is 11.2. The monoisotopic (exact) mass is 226 g/mol. The summed E-state index contributed by atoms with van der Waals surface area (Å²) in [7, 11) is 0. The normalized spacial score (nSPS) is 10.1. The Labute approximate surface area is 100 Å². The van der Waals surface area contributed by atoms with Crippen LogP contribution in [-0.2, 0) is 12.8 Å². The summed E-state index contributed by atoms with van der Waals surface area (Å²) in [5.74, 6) is -0.416. The van der Waals surface area contributed by atoms with Crippen LogP contribution in [0.1, 0.15) is 21.6 Å². The van der Waals surface area contributed by atoms with Gasteiger partial charge in [-0.2, -0.15) is 0 Å². The lowest BCUT2D eigenvalue weighted by molar-refractivity contribution is 0.0999. The summed E-state index contributed by atoms with van der Waals surface area (Å²) in [4.78, 5) is 15.4. The van der Waals surface area contributed by atoms with Crippen molar-refractivity contribution in [3.05, 3.63) is 65.5 Å². The first-order chi connectivity index (χ1) is 8.27. The maximum Gasteiger partial charge on any atom is 0.250 e. The fourth-order valence-corrected chi connectivity index (χ4v) is 1.77. The molecule has 0 unspecified atom stereocenters. The molecule has 1 aromatic carbocycles. The summed E-state index contributed by atoms with van der Waals surface area (Å²) in [6, 6.07) is 13.6. The smallest absolute Gasteiger partial charge is 0.250 e. The summed E-state index contributed by atoms with van der Waals surface area (Å²) < 4.78 is 0. The molecule has 0 atom stereocenters. The van der Waals surface area contributed by atoms with Crippen LogP contribution >= 0.6 is 0 Å². The van der Waals surface area contributed by atoms with E-state index in [1.54, 1.807) is 18.3 Å². The van der Waals surface area contributed by atoms with Crippen LogP contribution in [0.3, 0.4) is 0 Å². The number of hydrogen-bond donors (Lipinski definition) is 1. The summed E-state index contributed by atoms with van der Waals surface area (Å²) in [6.45, 7) is 0. The first kappa shape index (κ1) is 11.3. The standard InChI is InChI=1S/C14H14N2O/c15-14(17)12-7-4-10-16-13(12)9-8-11-5-2-1-3-6-11/h1-7,10H,8-9H2,(H2,15,17). The molecule has 17 heavy (non-hydrogen) atoms. The van der Waals surface area contributed by atoms with Gasteiger partial charge in [-0.15, -0.1) is 0 Å². The van der Waals surface area contributed by atoms with Crippen molar-refractivity contribution >= 4 is 5.91 Å². The van der Waals surface area contributed by atoms with Gasteiger partial charge in [0, 0.05) is 6.20 Å². The highest BCUT2D eigenvalue weighted by molar-refractivity contribution is 5.93. The molecule has 0 aliphatic rings. The van der Waals surface area contributed by atoms with Gasteiger partial charge in [0.25, 0.3) is 5.91 Å². The molecule has 0 fully saturated rings. The molecule has 1 aromatic heterocycles. The van der Waals surface area contributed by atoms with E-state index in [1.807, 2.05) is 18.2 Å². The fraction of sp³-hybridized carbons (Fsp3) is 0.143. The number of carbonyl (C=O) groups excluding carboxylic acids is 1. The van der Waals surface area contributed by atoms with Crippen LogP contribution in [0.2, 0.25) is 0 Å². The van der Waals surface area contributed by atoms with E-state index in [0.29, 0.717) is 5.56 Å². The van der Waals surface area contributed by atoms with Gasteiger partial charge in [0.05, 0.1) is 11.3 Å². The highest BCUT2D eigenvalue weighted by Gasteiger charge is 2.08. The topological polar surface area (TPSA) is 56.0 Å². The van der Waals surface area contributed by atoms with Gasteiger partial charge in [-0.25, -0.2) is 0 Å². The quantitative estimate of drug-likeness (QED) is 0.866. The molecular weight excluding hydrogens is 212 g/mol. The molecule has 0 saturated carbocycles. The van der Waals surface area contributed by atoms with Crippen molar-refractivity contribution in [2.75, 3.05) is 0 Å². The van der Waals surface area contributed by atoms with Crippen molar-refractivity contribution < 1.29 is 4.79 Å². The number of aryl methyl sites for hydroxylation is 2. The third-order valence-electron chi connectivity index (χ3n) is 2.65. The molecule has 1 amide bonds. The Kier molecular flexibility index (Phi) is 3.50. The van der Waals surface area contributed by atoms with Gasteiger partial charge in [0.1, 0.15) is 0 Å². The van der Waals surface area contributed by atoms with Gasteiger partial charge in [-0.1, -0.05) is 30.3 Å². The van der Waals surface area contributed by atoms with Crippen LogP contribution in [-0.4, -0.2) is 10.9 Å². The SMILES string of the molecule is NC(=O)c1cccnc1CCc1ccccc1. The fourth-order valence-electron chi connectivity index (χ4n) is 1.77. The molecule has 2 rings (SSSR count). The van der Waals surface area contributed by atoms with E-state index in [0.717, 1.165) is 18.5 Å². The van der Waals surface area contributed by atoms with E-state index in [1.165, 1.54) is 5.56 Å². The van der Waals surface area contributed by atoms with Crippen LogP contribution in [0, 0.1) is 0 Å². The first-order valence-corrected chi connectivity index (χ1v) is 5.55. The van der Waals surface area contributed by atoms with Crippen molar-refractivity contribution in [1.82, 2.24) is 4.98 Å². The lowest BCUT2D eigenvalue weighted by atomic mass is 10.0. The number of nitrogens with zero attached hydrogens (tertiary/aromatic N) is 1. The lowest BCUT2D eigenvalue weighted by Gasteiger charge is -2.05. The van der Waals surface area contributed by atoms with Crippen LogP contribution < -0.4 is 5.73 Å². The third-order valence-corrected chi connectivity index (χ3v) is 2.65. The van der Waals surface area contributed by atoms with Gasteiger partial charge >= 0.3 is 0 Å². The zero-order valence-electron chi connectivity index (χ0n) is 9.47. The number of rotatable bonds is 4. The van der Waals surface area contributed by atoms with E-state index in [-0.39, 0.29) is 0 Å². The van der Waals surface area contributed by atoms with Crippen LogP contribution in [0.25, 0.3) is 0 Å². The number of aromatic nitrogens is 1. The summed E-state index contributed by atoms with van der Waals surface area (Å²) in [6.07, 6.45) is 3.27. The van der Waals surface area contributed by atoms with Crippen molar-refractivity contribution in [2.45, 2.75) is 12.8 Å². The molecule has 86 valence electrons. The van der Waals surface area contributed by atoms with E-state index < -0.39 is 5.91 Å². The molecule has 0 saturated heterocycles. The number of primary amides is 1. The third kappa shape index (κ3) is 2.91. The van der Waals surface area contributed by atoms with Gasteiger partial charge < -0.3 is 5.73 Å². The Morgan fingerprint density at radius 2 is 1.82 bits per heavy atom. The minimum Gasteiger partial charge on any atom is -0.366 e. The van der Waals surface area contributed by atoms with Crippen molar-refractivity contribution in [1.29, 1.82) is 0 Å². The number of benzene rings is 1. The van der Waals surface area contributed by atoms with Crippen LogP contribution in [0.15, 0.2) is 48.7 Å². The number of hydrogen-bond acceptors (Lipinski definition) is 2. The minimum atomic E-state index is -0.416. The second-order valence-corrected chi connectivity index (χ2v) is 3.85. The van der Waals surface area contributed by atoms with E-state index in [4.69, 9.17) is 5.73 Å². The first-order valence-electron chi connectivity index (χ1n) is 5.55. The Balaban J connectivity index is 2.12. The van der Waals surface area contributed by atoms with E-state index in [9.17, 15) is 4.79 Å². The maximum atomic E-state index is 11.2. The molecule has 2 aromatic rings. The highest BCUT2D eigenvalue weighted by Crippen LogP contribution is 2.09. The van der Waals surface area contributed by atoms with E-state index >= 15 is 0 Å². The number of nitrogens with two attached hydrogens (primary N) is 1. The van der Waals surface area contributed by atoms with E-state index in [2.05, 4.69) is 17.1 Å².